The Morgan fingerprint density at radius 3 is 2.58 bits per heavy atom. The Hall–Kier alpha value is -1.79. The zero-order valence-corrected chi connectivity index (χ0v) is 11.4. The molecule has 1 saturated heterocycles. The molecule has 1 aliphatic rings. The fourth-order valence-corrected chi connectivity index (χ4v) is 2.40. The molecule has 1 heterocycles. The molecule has 0 aromatic heterocycles. The molecule has 108 valence electrons. The van der Waals surface area contributed by atoms with Crippen LogP contribution in [-0.4, -0.2) is 54.2 Å². The Balaban J connectivity index is 2.76. The lowest BCUT2D eigenvalue weighted by molar-refractivity contribution is -0.148. The fraction of sp³-hybridized carbons (Fsp3) is 0.750. The molecule has 1 fully saturated rings. The maximum Gasteiger partial charge on any atom is 0.327 e. The molecule has 1 unspecified atom stereocenters. The van der Waals surface area contributed by atoms with Crippen molar-refractivity contribution in [3.63, 3.8) is 0 Å². The minimum absolute atomic E-state index is 0.265. The smallest absolute Gasteiger partial charge is 0.327 e. The number of carbonyl (C=O) groups excluding carboxylic acids is 2. The first-order valence-corrected chi connectivity index (χ1v) is 6.13. The van der Waals surface area contributed by atoms with Gasteiger partial charge >= 0.3 is 18.0 Å². The number of methoxy groups -OCH3 is 1. The summed E-state index contributed by atoms with van der Waals surface area (Å²) in [6.07, 6.45) is 1.48. The number of ether oxygens (including phenoxy) is 1. The first-order chi connectivity index (χ1) is 8.79. The van der Waals surface area contributed by atoms with Crippen LogP contribution in [0.4, 0.5) is 4.79 Å². The van der Waals surface area contributed by atoms with E-state index in [0.29, 0.717) is 6.54 Å². The van der Waals surface area contributed by atoms with Crippen LogP contribution in [0.2, 0.25) is 0 Å². The number of hydrogen-bond donors (Lipinski definition) is 2. The van der Waals surface area contributed by atoms with Gasteiger partial charge in [0.1, 0.15) is 12.6 Å². The summed E-state index contributed by atoms with van der Waals surface area (Å²) in [5.41, 5.74) is -0.493. The molecule has 0 spiro atoms. The first-order valence-electron chi connectivity index (χ1n) is 6.13. The van der Waals surface area contributed by atoms with E-state index >= 15 is 0 Å². The molecule has 7 heteroatoms. The molecular weight excluding hydrogens is 252 g/mol. The van der Waals surface area contributed by atoms with Crippen LogP contribution in [0.5, 0.6) is 0 Å². The Kier molecular flexibility index (Phi) is 4.74. The summed E-state index contributed by atoms with van der Waals surface area (Å²) in [4.78, 5) is 35.6. The second-order valence-corrected chi connectivity index (χ2v) is 5.26. The lowest BCUT2D eigenvalue weighted by Crippen LogP contribution is -2.59. The Labute approximate surface area is 111 Å². The van der Waals surface area contributed by atoms with Gasteiger partial charge in [0.2, 0.25) is 0 Å². The van der Waals surface area contributed by atoms with Crippen LogP contribution in [0.3, 0.4) is 0 Å². The van der Waals surface area contributed by atoms with Gasteiger partial charge in [-0.25, -0.2) is 9.59 Å². The van der Waals surface area contributed by atoms with Gasteiger partial charge in [0.05, 0.1) is 7.11 Å². The monoisotopic (exact) mass is 272 g/mol. The number of carboxylic acids is 1. The molecule has 1 atom stereocenters. The third-order valence-corrected chi connectivity index (χ3v) is 3.38. The quantitative estimate of drug-likeness (QED) is 0.727. The van der Waals surface area contributed by atoms with E-state index < -0.39 is 29.4 Å². The van der Waals surface area contributed by atoms with Crippen LogP contribution in [-0.2, 0) is 14.3 Å². The minimum atomic E-state index is -1.03. The number of hydrogen-bond acceptors (Lipinski definition) is 4. The predicted octanol–water partition coefficient (Wildman–Crippen LogP) is 0.444. The van der Waals surface area contributed by atoms with Crippen molar-refractivity contribution in [2.75, 3.05) is 20.2 Å². The summed E-state index contributed by atoms with van der Waals surface area (Å²) in [7, 11) is 1.22. The van der Waals surface area contributed by atoms with E-state index in [2.05, 4.69) is 10.1 Å². The van der Waals surface area contributed by atoms with Gasteiger partial charge in [-0.3, -0.25) is 4.79 Å². The van der Waals surface area contributed by atoms with Crippen molar-refractivity contribution < 1.29 is 24.2 Å². The topological polar surface area (TPSA) is 95.9 Å². The highest BCUT2D eigenvalue weighted by Crippen LogP contribution is 2.35. The molecule has 0 aromatic carbocycles. The van der Waals surface area contributed by atoms with Gasteiger partial charge in [0.15, 0.2) is 0 Å². The number of aliphatic carboxylic acids is 1. The van der Waals surface area contributed by atoms with E-state index in [-0.39, 0.29) is 6.54 Å². The second-order valence-electron chi connectivity index (χ2n) is 5.26. The molecule has 7 nitrogen and oxygen atoms in total. The van der Waals surface area contributed by atoms with Crippen molar-refractivity contribution in [2.45, 2.75) is 32.7 Å². The van der Waals surface area contributed by atoms with Gasteiger partial charge in [-0.15, -0.1) is 0 Å². The lowest BCUT2D eigenvalue weighted by Gasteiger charge is -2.43. The van der Waals surface area contributed by atoms with E-state index in [0.717, 1.165) is 12.8 Å². The third kappa shape index (κ3) is 3.59. The molecular formula is C12H20N2O5. The summed E-state index contributed by atoms with van der Waals surface area (Å²) in [5.74, 6) is -1.60. The van der Waals surface area contributed by atoms with Gasteiger partial charge in [-0.1, -0.05) is 13.8 Å². The van der Waals surface area contributed by atoms with E-state index in [9.17, 15) is 19.5 Å². The van der Waals surface area contributed by atoms with Crippen LogP contribution in [0.15, 0.2) is 0 Å². The molecule has 0 bridgehead atoms. The number of nitrogens with zero attached hydrogens (tertiary/aromatic N) is 1. The first kappa shape index (κ1) is 15.3. The predicted molar refractivity (Wildman–Crippen MR) is 66.6 cm³/mol. The zero-order chi connectivity index (χ0) is 14.6. The van der Waals surface area contributed by atoms with E-state index in [1.165, 1.54) is 12.0 Å². The van der Waals surface area contributed by atoms with Crippen LogP contribution >= 0.6 is 0 Å². The maximum atomic E-state index is 12.0. The van der Waals surface area contributed by atoms with Crippen molar-refractivity contribution in [1.82, 2.24) is 10.2 Å². The number of esters is 1. The zero-order valence-electron chi connectivity index (χ0n) is 11.4. The number of piperidine rings is 1. The van der Waals surface area contributed by atoms with E-state index in [1.807, 2.05) is 13.8 Å². The summed E-state index contributed by atoms with van der Waals surface area (Å²) >= 11 is 0. The normalized spacial score (nSPS) is 21.6. The third-order valence-electron chi connectivity index (χ3n) is 3.38. The lowest BCUT2D eigenvalue weighted by atomic mass is 9.76. The van der Waals surface area contributed by atoms with Crippen molar-refractivity contribution in [2.24, 2.45) is 5.41 Å². The average molecular weight is 272 g/mol. The number of carbonyl (C=O) groups is 3. The Morgan fingerprint density at radius 1 is 1.42 bits per heavy atom. The number of likely N-dealkylation sites (tertiary alicyclic amines) is 1. The molecule has 1 aliphatic heterocycles. The molecule has 0 aromatic rings. The van der Waals surface area contributed by atoms with Gasteiger partial charge in [0, 0.05) is 6.54 Å². The van der Waals surface area contributed by atoms with Gasteiger partial charge in [-0.2, -0.15) is 0 Å². The SMILES string of the molecule is COC(=O)CNC(=O)N1CCCC(C)(C)C1C(=O)O. The molecule has 0 aliphatic carbocycles. The number of nitrogens with one attached hydrogen (secondary N) is 1. The molecule has 19 heavy (non-hydrogen) atoms. The number of urea groups is 1. The summed E-state index contributed by atoms with van der Waals surface area (Å²) in [5, 5.41) is 11.7. The standard InChI is InChI=1S/C12H20N2O5/c1-12(2)5-4-6-14(9(12)10(16)17)11(18)13-7-8(15)19-3/h9H,4-7H2,1-3H3,(H,13,18)(H,16,17). The van der Waals surface area contributed by atoms with Crippen molar-refractivity contribution >= 4 is 18.0 Å². The maximum absolute atomic E-state index is 12.0. The molecule has 0 saturated carbocycles. The van der Waals surface area contributed by atoms with Crippen molar-refractivity contribution in [3.8, 4) is 0 Å². The molecule has 1 rings (SSSR count). The summed E-state index contributed by atoms with van der Waals surface area (Å²) in [6.45, 7) is 3.75. The number of amides is 2. The second kappa shape index (κ2) is 5.90. The number of rotatable bonds is 3. The van der Waals surface area contributed by atoms with E-state index in [1.54, 1.807) is 0 Å². The molecule has 0 radical (unpaired) electrons. The largest absolute Gasteiger partial charge is 0.480 e. The van der Waals surface area contributed by atoms with Crippen molar-refractivity contribution in [3.05, 3.63) is 0 Å². The van der Waals surface area contributed by atoms with Gasteiger partial charge in [0.25, 0.3) is 0 Å². The minimum Gasteiger partial charge on any atom is -0.480 e. The van der Waals surface area contributed by atoms with Crippen LogP contribution in [0, 0.1) is 5.41 Å². The highest BCUT2D eigenvalue weighted by atomic mass is 16.5. The van der Waals surface area contributed by atoms with Crippen LogP contribution < -0.4 is 5.32 Å². The highest BCUT2D eigenvalue weighted by molar-refractivity contribution is 5.85. The van der Waals surface area contributed by atoms with Crippen LogP contribution in [0.1, 0.15) is 26.7 Å². The summed E-state index contributed by atoms with van der Waals surface area (Å²) in [6, 6.07) is -1.44. The highest BCUT2D eigenvalue weighted by Gasteiger charge is 2.44. The van der Waals surface area contributed by atoms with Gasteiger partial charge in [-0.05, 0) is 18.3 Å². The van der Waals surface area contributed by atoms with Crippen molar-refractivity contribution in [1.29, 1.82) is 0 Å². The Morgan fingerprint density at radius 2 is 2.05 bits per heavy atom. The molecule has 2 N–H and O–H groups in total. The fourth-order valence-electron chi connectivity index (χ4n) is 2.40. The Bertz CT molecular complexity index is 380. The number of carboxylic acid groups (broad SMARTS) is 1. The van der Waals surface area contributed by atoms with E-state index in [4.69, 9.17) is 0 Å². The summed E-state index contributed by atoms with van der Waals surface area (Å²) < 4.78 is 4.41. The van der Waals surface area contributed by atoms with Gasteiger partial charge < -0.3 is 20.1 Å². The van der Waals surface area contributed by atoms with Crippen LogP contribution in [0.25, 0.3) is 0 Å². The average Bonchev–Trinajstić information content (AvgIpc) is 2.33. The molecule has 2 amide bonds.